The second-order valence-corrected chi connectivity index (χ2v) is 8.58. The van der Waals surface area contributed by atoms with E-state index in [9.17, 15) is 9.59 Å². The predicted octanol–water partition coefficient (Wildman–Crippen LogP) is 3.57. The van der Waals surface area contributed by atoms with Crippen LogP contribution in [-0.4, -0.2) is 33.6 Å². The molecule has 0 bridgehead atoms. The van der Waals surface area contributed by atoms with Gasteiger partial charge >= 0.3 is 0 Å². The fourth-order valence-corrected chi connectivity index (χ4v) is 4.76. The van der Waals surface area contributed by atoms with E-state index in [-0.39, 0.29) is 5.56 Å². The van der Waals surface area contributed by atoms with Gasteiger partial charge in [0.05, 0.1) is 0 Å². The summed E-state index contributed by atoms with van der Waals surface area (Å²) in [7, 11) is 0. The lowest BCUT2D eigenvalue weighted by Crippen LogP contribution is -2.31. The quantitative estimate of drug-likeness (QED) is 0.533. The molecule has 2 N–H and O–H groups in total. The van der Waals surface area contributed by atoms with Crippen LogP contribution in [0.15, 0.2) is 59.4 Å². The second kappa shape index (κ2) is 7.96. The van der Waals surface area contributed by atoms with Gasteiger partial charge in [0.1, 0.15) is 10.8 Å². The lowest BCUT2D eigenvalue weighted by molar-refractivity contribution is 0.100. The first kappa shape index (κ1) is 19.4. The molecule has 0 radical (unpaired) electrons. The third-order valence-electron chi connectivity index (χ3n) is 5.52. The van der Waals surface area contributed by atoms with E-state index in [2.05, 4.69) is 10.00 Å². The van der Waals surface area contributed by atoms with Crippen LogP contribution < -0.4 is 16.2 Å². The summed E-state index contributed by atoms with van der Waals surface area (Å²) in [5.41, 5.74) is 8.50. The van der Waals surface area contributed by atoms with Crippen LogP contribution in [0.2, 0.25) is 0 Å². The summed E-state index contributed by atoms with van der Waals surface area (Å²) in [5, 5.41) is 5.25. The summed E-state index contributed by atoms with van der Waals surface area (Å²) in [6, 6.07) is 16.7. The molecule has 3 heterocycles. The highest BCUT2D eigenvalue weighted by atomic mass is 32.1. The van der Waals surface area contributed by atoms with Crippen molar-refractivity contribution in [3.05, 3.63) is 70.5 Å². The van der Waals surface area contributed by atoms with E-state index in [0.29, 0.717) is 10.5 Å². The van der Waals surface area contributed by atoms with Gasteiger partial charge in [0.15, 0.2) is 0 Å². The summed E-state index contributed by atoms with van der Waals surface area (Å²) < 4.78 is 1.38. The van der Waals surface area contributed by atoms with Gasteiger partial charge in [0.2, 0.25) is 10.9 Å². The van der Waals surface area contributed by atoms with E-state index in [1.165, 1.54) is 22.3 Å². The van der Waals surface area contributed by atoms with Gasteiger partial charge in [-0.25, -0.2) is 4.98 Å². The van der Waals surface area contributed by atoms with Crippen molar-refractivity contribution in [1.29, 1.82) is 0 Å². The lowest BCUT2D eigenvalue weighted by atomic mass is 10.0. The maximum Gasteiger partial charge on any atom is 0.277 e. The SMILES string of the molecule is NC(=O)c1ccc(-c2cccc(-c3nn4c(=O)cc(N5CCCCC5)nc4s3)c2)cc1. The molecule has 5 rings (SSSR count). The van der Waals surface area contributed by atoms with Crippen LogP contribution in [0.5, 0.6) is 0 Å². The number of primary amides is 1. The average Bonchev–Trinajstić information content (AvgIpc) is 3.25. The summed E-state index contributed by atoms with van der Waals surface area (Å²) in [4.78, 5) is 31.5. The van der Waals surface area contributed by atoms with Gasteiger partial charge in [-0.05, 0) is 48.6 Å². The highest BCUT2D eigenvalue weighted by molar-refractivity contribution is 7.19. The van der Waals surface area contributed by atoms with Crippen LogP contribution >= 0.6 is 11.3 Å². The van der Waals surface area contributed by atoms with Crippen LogP contribution in [0.4, 0.5) is 5.82 Å². The molecule has 8 heteroatoms. The van der Waals surface area contributed by atoms with Crippen LogP contribution in [-0.2, 0) is 0 Å². The number of aromatic nitrogens is 3. The molecule has 1 aliphatic heterocycles. The number of nitrogens with two attached hydrogens (primary N) is 1. The zero-order chi connectivity index (χ0) is 21.4. The van der Waals surface area contributed by atoms with E-state index < -0.39 is 5.91 Å². The topological polar surface area (TPSA) is 93.6 Å². The van der Waals surface area contributed by atoms with Crippen LogP contribution in [0.3, 0.4) is 0 Å². The molecule has 1 amide bonds. The normalized spacial score (nSPS) is 14.1. The Hall–Kier alpha value is -3.52. The van der Waals surface area contributed by atoms with Gasteiger partial charge in [-0.1, -0.05) is 41.7 Å². The van der Waals surface area contributed by atoms with Gasteiger partial charge in [-0.15, -0.1) is 0 Å². The number of rotatable bonds is 4. The van der Waals surface area contributed by atoms with Crippen LogP contribution in [0, 0.1) is 0 Å². The van der Waals surface area contributed by atoms with E-state index in [1.807, 2.05) is 36.4 Å². The van der Waals surface area contributed by atoms with Crippen molar-refractivity contribution in [2.45, 2.75) is 19.3 Å². The smallest absolute Gasteiger partial charge is 0.277 e. The Balaban J connectivity index is 1.50. The number of benzene rings is 2. The lowest BCUT2D eigenvalue weighted by Gasteiger charge is -2.27. The number of hydrogen-bond donors (Lipinski definition) is 1. The maximum absolute atomic E-state index is 12.7. The Kier molecular flexibility index (Phi) is 4.99. The number of carbonyl (C=O) groups is 1. The first-order valence-electron chi connectivity index (χ1n) is 10.2. The molecule has 2 aromatic heterocycles. The Morgan fingerprint density at radius 3 is 2.42 bits per heavy atom. The Bertz CT molecular complexity index is 1320. The maximum atomic E-state index is 12.7. The highest BCUT2D eigenvalue weighted by Crippen LogP contribution is 2.29. The second-order valence-electron chi connectivity index (χ2n) is 7.62. The fourth-order valence-electron chi connectivity index (χ4n) is 3.86. The molecule has 4 aromatic rings. The van der Waals surface area contributed by atoms with E-state index in [4.69, 9.17) is 10.7 Å². The summed E-state index contributed by atoms with van der Waals surface area (Å²) in [5.74, 6) is 0.292. The number of amides is 1. The number of fused-ring (bicyclic) bond motifs is 1. The van der Waals surface area contributed by atoms with Gasteiger partial charge in [-0.3, -0.25) is 9.59 Å². The number of anilines is 1. The summed E-state index contributed by atoms with van der Waals surface area (Å²) >= 11 is 1.41. The molecule has 0 unspecified atom stereocenters. The number of hydrogen-bond acceptors (Lipinski definition) is 6. The summed E-state index contributed by atoms with van der Waals surface area (Å²) in [6.07, 6.45) is 3.48. The van der Waals surface area contributed by atoms with E-state index in [1.54, 1.807) is 18.2 Å². The van der Waals surface area contributed by atoms with Crippen molar-refractivity contribution < 1.29 is 4.79 Å². The minimum atomic E-state index is -0.448. The predicted molar refractivity (Wildman–Crippen MR) is 123 cm³/mol. The molecule has 0 atom stereocenters. The molecule has 0 spiro atoms. The molecule has 156 valence electrons. The monoisotopic (exact) mass is 431 g/mol. The van der Waals surface area contributed by atoms with Gasteiger partial charge in [0.25, 0.3) is 5.56 Å². The van der Waals surface area contributed by atoms with Gasteiger partial charge in [-0.2, -0.15) is 9.61 Å². The molecular formula is C23H21N5O2S. The first-order valence-corrected chi connectivity index (χ1v) is 11.1. The number of piperidine rings is 1. The number of carbonyl (C=O) groups excluding carboxylic acids is 1. The zero-order valence-corrected chi connectivity index (χ0v) is 17.6. The fraction of sp³-hybridized carbons (Fsp3) is 0.217. The summed E-state index contributed by atoms with van der Waals surface area (Å²) in [6.45, 7) is 1.87. The molecule has 7 nitrogen and oxygen atoms in total. The van der Waals surface area contributed by atoms with Gasteiger partial charge < -0.3 is 10.6 Å². The molecule has 0 saturated carbocycles. The molecule has 31 heavy (non-hydrogen) atoms. The first-order chi connectivity index (χ1) is 15.1. The Labute approximate surface area is 182 Å². The third-order valence-corrected chi connectivity index (χ3v) is 6.48. The Morgan fingerprint density at radius 2 is 1.68 bits per heavy atom. The molecule has 2 aromatic carbocycles. The third kappa shape index (κ3) is 3.82. The van der Waals surface area contributed by atoms with Crippen LogP contribution in [0.25, 0.3) is 26.7 Å². The highest BCUT2D eigenvalue weighted by Gasteiger charge is 2.16. The van der Waals surface area contributed by atoms with E-state index >= 15 is 0 Å². The van der Waals surface area contributed by atoms with Crippen LogP contribution in [0.1, 0.15) is 29.6 Å². The van der Waals surface area contributed by atoms with Gasteiger partial charge in [0, 0.05) is 30.3 Å². The molecule has 0 aliphatic carbocycles. The van der Waals surface area contributed by atoms with Crippen molar-refractivity contribution >= 4 is 28.0 Å². The van der Waals surface area contributed by atoms with E-state index in [0.717, 1.165) is 53.4 Å². The minimum absolute atomic E-state index is 0.161. The van der Waals surface area contributed by atoms with Crippen molar-refractivity contribution in [2.75, 3.05) is 18.0 Å². The zero-order valence-electron chi connectivity index (χ0n) is 16.8. The molecule has 1 saturated heterocycles. The minimum Gasteiger partial charge on any atom is -0.366 e. The molecule has 1 fully saturated rings. The van der Waals surface area contributed by atoms with Crippen molar-refractivity contribution in [1.82, 2.24) is 14.6 Å². The van der Waals surface area contributed by atoms with Crippen molar-refractivity contribution in [2.24, 2.45) is 5.73 Å². The standard InChI is InChI=1S/C23H21N5O2S/c24-21(30)16-9-7-15(8-10-16)17-5-4-6-18(13-17)22-26-28-20(29)14-19(25-23(28)31-22)27-11-2-1-3-12-27/h4-10,13-14H,1-3,11-12H2,(H2,24,30). The average molecular weight is 432 g/mol. The number of nitrogens with zero attached hydrogens (tertiary/aromatic N) is 4. The molecular weight excluding hydrogens is 410 g/mol. The Morgan fingerprint density at radius 1 is 0.935 bits per heavy atom. The molecule has 1 aliphatic rings. The van der Waals surface area contributed by atoms with Crippen molar-refractivity contribution in [3.8, 4) is 21.7 Å². The largest absolute Gasteiger partial charge is 0.366 e. The van der Waals surface area contributed by atoms with Crippen molar-refractivity contribution in [3.63, 3.8) is 0 Å².